The molecule has 24 heavy (non-hydrogen) atoms. The van der Waals surface area contributed by atoms with Gasteiger partial charge in [0, 0.05) is 12.3 Å². The molecule has 124 valence electrons. The normalized spacial score (nSPS) is 21.9. The molecular weight excluding hydrogens is 304 g/mol. The Morgan fingerprint density at radius 1 is 1.21 bits per heavy atom. The molecule has 2 aliphatic rings. The minimum atomic E-state index is -0.126. The summed E-state index contributed by atoms with van der Waals surface area (Å²) in [7, 11) is 1.44. The summed E-state index contributed by atoms with van der Waals surface area (Å²) in [4.78, 5) is 32.0. The SMILES string of the molecule is COC(=O)C1CCC(c2nc3c(c(=O)[nH]2)-c2ccccc2C3)CC1. The Kier molecular flexibility index (Phi) is 3.71. The first-order chi connectivity index (χ1) is 11.7. The van der Waals surface area contributed by atoms with Crippen LogP contribution in [-0.2, 0) is 16.0 Å². The topological polar surface area (TPSA) is 72.0 Å². The number of H-pyrrole nitrogens is 1. The molecule has 5 nitrogen and oxygen atoms in total. The molecular formula is C19H20N2O3. The van der Waals surface area contributed by atoms with Crippen molar-refractivity contribution in [1.82, 2.24) is 9.97 Å². The Labute approximate surface area is 140 Å². The quantitative estimate of drug-likeness (QED) is 0.736. The first-order valence-electron chi connectivity index (χ1n) is 8.46. The number of aromatic amines is 1. The molecule has 4 rings (SSSR count). The third-order valence-corrected chi connectivity index (χ3v) is 5.31. The molecule has 1 saturated carbocycles. The van der Waals surface area contributed by atoms with Crippen LogP contribution in [0.2, 0.25) is 0 Å². The maximum atomic E-state index is 12.6. The van der Waals surface area contributed by atoms with Gasteiger partial charge in [0.25, 0.3) is 5.56 Å². The smallest absolute Gasteiger partial charge is 0.308 e. The van der Waals surface area contributed by atoms with Crippen LogP contribution in [0.5, 0.6) is 0 Å². The van der Waals surface area contributed by atoms with Gasteiger partial charge >= 0.3 is 5.97 Å². The molecule has 0 amide bonds. The van der Waals surface area contributed by atoms with Crippen LogP contribution in [-0.4, -0.2) is 23.0 Å². The highest BCUT2D eigenvalue weighted by atomic mass is 16.5. The van der Waals surface area contributed by atoms with E-state index in [-0.39, 0.29) is 23.4 Å². The van der Waals surface area contributed by atoms with E-state index in [9.17, 15) is 9.59 Å². The van der Waals surface area contributed by atoms with Gasteiger partial charge < -0.3 is 9.72 Å². The van der Waals surface area contributed by atoms with Crippen LogP contribution in [0.3, 0.4) is 0 Å². The van der Waals surface area contributed by atoms with Crippen molar-refractivity contribution in [2.75, 3.05) is 7.11 Å². The number of ether oxygens (including phenoxy) is 1. The predicted octanol–water partition coefficient (Wildman–Crippen LogP) is 2.79. The van der Waals surface area contributed by atoms with Gasteiger partial charge in [0.05, 0.1) is 24.3 Å². The van der Waals surface area contributed by atoms with E-state index in [0.29, 0.717) is 0 Å². The molecule has 2 aliphatic carbocycles. The second kappa shape index (κ2) is 5.89. The number of methoxy groups -OCH3 is 1. The molecule has 1 heterocycles. The third-order valence-electron chi connectivity index (χ3n) is 5.31. The number of hydrogen-bond acceptors (Lipinski definition) is 4. The lowest BCUT2D eigenvalue weighted by Gasteiger charge is -2.26. The van der Waals surface area contributed by atoms with Crippen molar-refractivity contribution >= 4 is 5.97 Å². The van der Waals surface area contributed by atoms with Crippen LogP contribution in [0.1, 0.15) is 48.7 Å². The van der Waals surface area contributed by atoms with Gasteiger partial charge in [0.15, 0.2) is 0 Å². The highest BCUT2D eigenvalue weighted by molar-refractivity contribution is 5.74. The number of benzene rings is 1. The summed E-state index contributed by atoms with van der Waals surface area (Å²) in [6.45, 7) is 0. The van der Waals surface area contributed by atoms with E-state index in [4.69, 9.17) is 9.72 Å². The Morgan fingerprint density at radius 3 is 2.71 bits per heavy atom. The second-order valence-corrected chi connectivity index (χ2v) is 6.68. The van der Waals surface area contributed by atoms with Gasteiger partial charge in [-0.2, -0.15) is 0 Å². The van der Waals surface area contributed by atoms with E-state index < -0.39 is 0 Å². The fourth-order valence-corrected chi connectivity index (χ4v) is 4.01. The highest BCUT2D eigenvalue weighted by Crippen LogP contribution is 2.37. The van der Waals surface area contributed by atoms with Gasteiger partial charge in [0.1, 0.15) is 5.82 Å². The third kappa shape index (κ3) is 2.44. The van der Waals surface area contributed by atoms with Crippen LogP contribution in [0.25, 0.3) is 11.1 Å². The fourth-order valence-electron chi connectivity index (χ4n) is 4.01. The fraction of sp³-hybridized carbons (Fsp3) is 0.421. The van der Waals surface area contributed by atoms with Crippen LogP contribution in [0.4, 0.5) is 0 Å². The molecule has 0 saturated heterocycles. The van der Waals surface area contributed by atoms with Gasteiger partial charge in [-0.15, -0.1) is 0 Å². The number of carbonyl (C=O) groups is 1. The summed E-state index contributed by atoms with van der Waals surface area (Å²) >= 11 is 0. The zero-order chi connectivity index (χ0) is 16.7. The van der Waals surface area contributed by atoms with Gasteiger partial charge in [-0.3, -0.25) is 9.59 Å². The van der Waals surface area contributed by atoms with Gasteiger partial charge in [0.2, 0.25) is 0 Å². The summed E-state index contributed by atoms with van der Waals surface area (Å²) in [5.74, 6) is 0.846. The summed E-state index contributed by atoms with van der Waals surface area (Å²) in [6.07, 6.45) is 4.01. The lowest BCUT2D eigenvalue weighted by atomic mass is 9.81. The van der Waals surface area contributed by atoms with Crippen molar-refractivity contribution in [2.45, 2.75) is 38.0 Å². The van der Waals surface area contributed by atoms with Gasteiger partial charge in [-0.05, 0) is 36.8 Å². The van der Waals surface area contributed by atoms with Crippen LogP contribution in [0, 0.1) is 5.92 Å². The summed E-state index contributed by atoms with van der Waals surface area (Å²) < 4.78 is 4.83. The lowest BCUT2D eigenvalue weighted by molar-refractivity contribution is -0.146. The molecule has 1 N–H and O–H groups in total. The van der Waals surface area contributed by atoms with E-state index in [2.05, 4.69) is 11.1 Å². The van der Waals surface area contributed by atoms with E-state index >= 15 is 0 Å². The monoisotopic (exact) mass is 324 g/mol. The number of fused-ring (bicyclic) bond motifs is 3. The number of carbonyl (C=O) groups excluding carboxylic acids is 1. The summed E-state index contributed by atoms with van der Waals surface area (Å²) in [5, 5.41) is 0. The molecule has 0 aliphatic heterocycles. The Balaban J connectivity index is 1.59. The molecule has 2 aromatic rings. The standard InChI is InChI=1S/C19H20N2O3/c1-24-19(23)12-8-6-11(7-9-12)17-20-15-10-13-4-2-3-5-14(13)16(15)18(22)21-17/h2-5,11-12H,6-10H2,1H3,(H,20,21,22). The number of hydrogen-bond donors (Lipinski definition) is 1. The molecule has 1 fully saturated rings. The first-order valence-corrected chi connectivity index (χ1v) is 8.46. The van der Waals surface area contributed by atoms with Crippen LogP contribution in [0.15, 0.2) is 29.1 Å². The minimum absolute atomic E-state index is 0.0170. The molecule has 1 aromatic carbocycles. The number of esters is 1. The summed E-state index contributed by atoms with van der Waals surface area (Å²) in [6, 6.07) is 7.99. The van der Waals surface area contributed by atoms with Crippen LogP contribution >= 0.6 is 0 Å². The first kappa shape index (κ1) is 15.1. The molecule has 0 unspecified atom stereocenters. The average Bonchev–Trinajstić information content (AvgIpc) is 3.00. The van der Waals surface area contributed by atoms with Crippen molar-refractivity contribution in [2.24, 2.45) is 5.92 Å². The minimum Gasteiger partial charge on any atom is -0.469 e. The maximum Gasteiger partial charge on any atom is 0.308 e. The molecule has 1 aromatic heterocycles. The molecule has 0 spiro atoms. The van der Waals surface area contributed by atoms with E-state index in [1.54, 1.807) is 0 Å². The highest BCUT2D eigenvalue weighted by Gasteiger charge is 2.30. The second-order valence-electron chi connectivity index (χ2n) is 6.68. The van der Waals surface area contributed by atoms with Crippen LogP contribution < -0.4 is 5.56 Å². The maximum absolute atomic E-state index is 12.6. The van der Waals surface area contributed by atoms with Gasteiger partial charge in [-0.25, -0.2) is 4.98 Å². The lowest BCUT2D eigenvalue weighted by Crippen LogP contribution is -2.25. The van der Waals surface area contributed by atoms with Crippen molar-refractivity contribution in [3.05, 3.63) is 51.7 Å². The Hall–Kier alpha value is -2.43. The largest absolute Gasteiger partial charge is 0.469 e. The van der Waals surface area contributed by atoms with Crippen molar-refractivity contribution in [1.29, 1.82) is 0 Å². The molecule has 0 bridgehead atoms. The van der Waals surface area contributed by atoms with Crippen molar-refractivity contribution in [3.63, 3.8) is 0 Å². The summed E-state index contributed by atoms with van der Waals surface area (Å²) in [5.41, 5.74) is 3.72. The van der Waals surface area contributed by atoms with Crippen molar-refractivity contribution in [3.8, 4) is 11.1 Å². The average molecular weight is 324 g/mol. The van der Waals surface area contributed by atoms with Gasteiger partial charge in [-0.1, -0.05) is 24.3 Å². The van der Waals surface area contributed by atoms with Crippen molar-refractivity contribution < 1.29 is 9.53 Å². The Morgan fingerprint density at radius 2 is 1.96 bits per heavy atom. The van der Waals surface area contributed by atoms with E-state index in [0.717, 1.165) is 60.3 Å². The zero-order valence-corrected chi connectivity index (χ0v) is 13.7. The molecule has 0 radical (unpaired) electrons. The van der Waals surface area contributed by atoms with E-state index in [1.165, 1.54) is 7.11 Å². The Bertz CT molecular complexity index is 848. The number of rotatable bonds is 2. The predicted molar refractivity (Wildman–Crippen MR) is 89.8 cm³/mol. The number of aromatic nitrogens is 2. The zero-order valence-electron chi connectivity index (χ0n) is 13.7. The molecule has 0 atom stereocenters. The number of nitrogens with zero attached hydrogens (tertiary/aromatic N) is 1. The number of nitrogens with one attached hydrogen (secondary N) is 1. The molecule has 5 heteroatoms. The van der Waals surface area contributed by atoms with E-state index in [1.807, 2.05) is 18.2 Å².